The standard InChI is InChI=1S/C8H6BrClN2/c1-5-3-12-4-6(10)2-7(9)8(12)11-5/h2-4H,1H3. The maximum Gasteiger partial charge on any atom is 0.151 e. The SMILES string of the molecule is Cc1cn2cc(Cl)cc(Br)c2n1. The van der Waals surface area contributed by atoms with E-state index in [1.54, 1.807) is 0 Å². The predicted molar refractivity (Wildman–Crippen MR) is 52.6 cm³/mol. The number of halogens is 2. The zero-order valence-corrected chi connectivity index (χ0v) is 8.72. The number of fused-ring (bicyclic) bond motifs is 1. The number of rotatable bonds is 0. The lowest BCUT2D eigenvalue weighted by Gasteiger charge is -1.96. The molecule has 0 aromatic carbocycles. The summed E-state index contributed by atoms with van der Waals surface area (Å²) in [5, 5.41) is 0.701. The highest BCUT2D eigenvalue weighted by Crippen LogP contribution is 2.21. The molecule has 2 nitrogen and oxygen atoms in total. The highest BCUT2D eigenvalue weighted by molar-refractivity contribution is 9.10. The Bertz CT molecular complexity index is 436. The number of hydrogen-bond donors (Lipinski definition) is 0. The summed E-state index contributed by atoms with van der Waals surface area (Å²) in [6, 6.07) is 1.84. The van der Waals surface area contributed by atoms with Gasteiger partial charge in [-0.05, 0) is 28.9 Å². The van der Waals surface area contributed by atoms with Crippen molar-refractivity contribution in [2.24, 2.45) is 0 Å². The first-order valence-electron chi connectivity index (χ1n) is 3.47. The maximum atomic E-state index is 5.85. The third-order valence-electron chi connectivity index (χ3n) is 1.59. The third kappa shape index (κ3) is 1.23. The lowest BCUT2D eigenvalue weighted by atomic mass is 10.5. The minimum atomic E-state index is 0.701. The summed E-state index contributed by atoms with van der Waals surface area (Å²) in [5.41, 5.74) is 1.88. The van der Waals surface area contributed by atoms with Crippen molar-refractivity contribution in [3.63, 3.8) is 0 Å². The zero-order valence-electron chi connectivity index (χ0n) is 6.38. The molecule has 62 valence electrons. The van der Waals surface area contributed by atoms with Gasteiger partial charge in [0.15, 0.2) is 5.65 Å². The lowest BCUT2D eigenvalue weighted by Crippen LogP contribution is -1.83. The molecule has 0 saturated carbocycles. The summed E-state index contributed by atoms with van der Waals surface area (Å²) in [6.07, 6.45) is 3.77. The fraction of sp³-hybridized carbons (Fsp3) is 0.125. The van der Waals surface area contributed by atoms with E-state index < -0.39 is 0 Å². The van der Waals surface area contributed by atoms with E-state index in [4.69, 9.17) is 11.6 Å². The van der Waals surface area contributed by atoms with E-state index in [1.165, 1.54) is 0 Å². The van der Waals surface area contributed by atoms with Gasteiger partial charge < -0.3 is 4.40 Å². The van der Waals surface area contributed by atoms with Crippen molar-refractivity contribution in [2.75, 3.05) is 0 Å². The van der Waals surface area contributed by atoms with Crippen molar-refractivity contribution in [2.45, 2.75) is 6.92 Å². The van der Waals surface area contributed by atoms with Crippen molar-refractivity contribution >= 4 is 33.2 Å². The summed E-state index contributed by atoms with van der Waals surface area (Å²) in [4.78, 5) is 4.31. The highest BCUT2D eigenvalue weighted by atomic mass is 79.9. The molecular weight excluding hydrogens is 239 g/mol. The topological polar surface area (TPSA) is 17.3 Å². The molecule has 2 rings (SSSR count). The normalized spacial score (nSPS) is 10.9. The molecule has 12 heavy (non-hydrogen) atoms. The minimum Gasteiger partial charge on any atom is -0.304 e. The van der Waals surface area contributed by atoms with Crippen molar-refractivity contribution in [3.05, 3.63) is 33.6 Å². The van der Waals surface area contributed by atoms with Crippen molar-refractivity contribution < 1.29 is 0 Å². The van der Waals surface area contributed by atoms with Crippen LogP contribution in [-0.2, 0) is 0 Å². The van der Waals surface area contributed by atoms with Crippen LogP contribution in [0.5, 0.6) is 0 Å². The second-order valence-corrected chi connectivity index (χ2v) is 3.91. The van der Waals surface area contributed by atoms with Crippen LogP contribution in [0.25, 0.3) is 5.65 Å². The summed E-state index contributed by atoms with van der Waals surface area (Å²) in [6.45, 7) is 1.95. The van der Waals surface area contributed by atoms with E-state index in [9.17, 15) is 0 Å². The van der Waals surface area contributed by atoms with E-state index in [0.717, 1.165) is 15.8 Å². The van der Waals surface area contributed by atoms with Crippen LogP contribution in [0.1, 0.15) is 5.69 Å². The number of pyridine rings is 1. The number of aryl methyl sites for hydroxylation is 1. The summed E-state index contributed by atoms with van der Waals surface area (Å²) in [5.74, 6) is 0. The van der Waals surface area contributed by atoms with Crippen molar-refractivity contribution in [1.82, 2.24) is 9.38 Å². The lowest BCUT2D eigenvalue weighted by molar-refractivity contribution is 1.18. The Morgan fingerprint density at radius 3 is 3.00 bits per heavy atom. The van der Waals surface area contributed by atoms with E-state index >= 15 is 0 Å². The highest BCUT2D eigenvalue weighted by Gasteiger charge is 2.02. The molecule has 0 aliphatic rings. The van der Waals surface area contributed by atoms with Gasteiger partial charge in [0.25, 0.3) is 0 Å². The molecule has 2 aromatic rings. The van der Waals surface area contributed by atoms with E-state index in [-0.39, 0.29) is 0 Å². The average Bonchev–Trinajstić information content (AvgIpc) is 2.29. The first-order chi connectivity index (χ1) is 5.66. The molecule has 0 unspecified atom stereocenters. The van der Waals surface area contributed by atoms with Crippen LogP contribution in [0.4, 0.5) is 0 Å². The molecule has 0 amide bonds. The number of imidazole rings is 1. The monoisotopic (exact) mass is 244 g/mol. The smallest absolute Gasteiger partial charge is 0.151 e. The van der Waals surface area contributed by atoms with Gasteiger partial charge in [-0.1, -0.05) is 11.6 Å². The van der Waals surface area contributed by atoms with Gasteiger partial charge in [-0.2, -0.15) is 0 Å². The first kappa shape index (κ1) is 8.08. The maximum absolute atomic E-state index is 5.85. The zero-order chi connectivity index (χ0) is 8.72. The van der Waals surface area contributed by atoms with Crippen molar-refractivity contribution in [3.8, 4) is 0 Å². The number of hydrogen-bond acceptors (Lipinski definition) is 1. The van der Waals surface area contributed by atoms with Crippen LogP contribution in [0.15, 0.2) is 22.9 Å². The van der Waals surface area contributed by atoms with Gasteiger partial charge in [-0.25, -0.2) is 4.98 Å². The van der Waals surface area contributed by atoms with Gasteiger partial charge in [-0.15, -0.1) is 0 Å². The molecule has 0 spiro atoms. The third-order valence-corrected chi connectivity index (χ3v) is 2.38. The molecule has 0 aliphatic heterocycles. The van der Waals surface area contributed by atoms with E-state index in [0.29, 0.717) is 5.02 Å². The predicted octanol–water partition coefficient (Wildman–Crippen LogP) is 3.06. The molecule has 0 aliphatic carbocycles. The molecule has 0 atom stereocenters. The summed E-state index contributed by atoms with van der Waals surface area (Å²) >= 11 is 9.25. The molecule has 0 fully saturated rings. The van der Waals surface area contributed by atoms with Gasteiger partial charge in [-0.3, -0.25) is 0 Å². The molecule has 2 aromatic heterocycles. The number of aromatic nitrogens is 2. The van der Waals surface area contributed by atoms with Crippen LogP contribution < -0.4 is 0 Å². The van der Waals surface area contributed by atoms with Gasteiger partial charge >= 0.3 is 0 Å². The summed E-state index contributed by atoms with van der Waals surface area (Å²) < 4.78 is 2.82. The second kappa shape index (κ2) is 2.75. The van der Waals surface area contributed by atoms with Crippen LogP contribution >= 0.6 is 27.5 Å². The average molecular weight is 246 g/mol. The van der Waals surface area contributed by atoms with Crippen LogP contribution in [0.2, 0.25) is 5.02 Å². The molecule has 0 saturated heterocycles. The minimum absolute atomic E-state index is 0.701. The Balaban J connectivity index is 2.88. The molecule has 0 bridgehead atoms. The van der Waals surface area contributed by atoms with Gasteiger partial charge in [0.1, 0.15) is 0 Å². The Kier molecular flexibility index (Phi) is 1.85. The van der Waals surface area contributed by atoms with Gasteiger partial charge in [0, 0.05) is 12.4 Å². The largest absolute Gasteiger partial charge is 0.304 e. The second-order valence-electron chi connectivity index (χ2n) is 2.62. The Labute approximate surface area is 83.3 Å². The summed E-state index contributed by atoms with van der Waals surface area (Å²) in [7, 11) is 0. The van der Waals surface area contributed by atoms with Crippen LogP contribution in [0.3, 0.4) is 0 Å². The van der Waals surface area contributed by atoms with E-state index in [1.807, 2.05) is 29.8 Å². The Morgan fingerprint density at radius 2 is 2.25 bits per heavy atom. The molecule has 0 radical (unpaired) electrons. The van der Waals surface area contributed by atoms with Gasteiger partial charge in [0.2, 0.25) is 0 Å². The van der Waals surface area contributed by atoms with Crippen LogP contribution in [0, 0.1) is 6.92 Å². The van der Waals surface area contributed by atoms with Crippen molar-refractivity contribution in [1.29, 1.82) is 0 Å². The quantitative estimate of drug-likeness (QED) is 0.697. The Hall–Kier alpha value is -0.540. The van der Waals surface area contributed by atoms with Crippen LogP contribution in [-0.4, -0.2) is 9.38 Å². The fourth-order valence-electron chi connectivity index (χ4n) is 1.15. The number of nitrogens with zero attached hydrogens (tertiary/aromatic N) is 2. The van der Waals surface area contributed by atoms with E-state index in [2.05, 4.69) is 20.9 Å². The fourth-order valence-corrected chi connectivity index (χ4v) is 2.03. The first-order valence-corrected chi connectivity index (χ1v) is 4.64. The van der Waals surface area contributed by atoms with Gasteiger partial charge in [0.05, 0.1) is 15.2 Å². The molecule has 4 heteroatoms. The molecular formula is C8H6BrClN2. The molecule has 2 heterocycles. The Morgan fingerprint density at radius 1 is 1.50 bits per heavy atom. The molecule has 0 N–H and O–H groups in total.